The smallest absolute Gasteiger partial charge is 0.223 e. The molecule has 3 rings (SSSR count). The van der Waals surface area contributed by atoms with E-state index in [1.165, 1.54) is 10.4 Å². The van der Waals surface area contributed by atoms with Crippen LogP contribution >= 0.6 is 23.2 Å². The topological polar surface area (TPSA) is 84.9 Å². The summed E-state index contributed by atoms with van der Waals surface area (Å²) in [5.41, 5.74) is 1.39. The highest BCUT2D eigenvalue weighted by molar-refractivity contribution is 7.88. The van der Waals surface area contributed by atoms with Gasteiger partial charge in [-0.2, -0.15) is 0 Å². The molecule has 0 atom stereocenters. The molecule has 1 aliphatic rings. The van der Waals surface area contributed by atoms with Gasteiger partial charge in [-0.25, -0.2) is 12.7 Å². The Labute approximate surface area is 198 Å². The predicted octanol–water partition coefficient (Wildman–Crippen LogP) is 3.87. The van der Waals surface area contributed by atoms with Gasteiger partial charge < -0.3 is 14.8 Å². The fraction of sp³-hybridized carbons (Fsp3) is 0.409. The van der Waals surface area contributed by atoms with Crippen LogP contribution in [0.15, 0.2) is 36.4 Å². The molecule has 0 unspecified atom stereocenters. The molecular weight excluding hydrogens is 475 g/mol. The third kappa shape index (κ3) is 6.07. The van der Waals surface area contributed by atoms with Gasteiger partial charge in [0.2, 0.25) is 15.9 Å². The molecule has 7 nitrogen and oxygen atoms in total. The number of rotatable bonds is 8. The average molecular weight is 501 g/mol. The van der Waals surface area contributed by atoms with Crippen LogP contribution < -0.4 is 14.8 Å². The van der Waals surface area contributed by atoms with E-state index < -0.39 is 10.0 Å². The van der Waals surface area contributed by atoms with E-state index in [1.54, 1.807) is 32.4 Å². The minimum Gasteiger partial charge on any atom is -0.493 e. The molecule has 0 radical (unpaired) electrons. The number of halogens is 2. The van der Waals surface area contributed by atoms with E-state index >= 15 is 0 Å². The largest absolute Gasteiger partial charge is 0.493 e. The predicted molar refractivity (Wildman–Crippen MR) is 125 cm³/mol. The summed E-state index contributed by atoms with van der Waals surface area (Å²) >= 11 is 12.0. The zero-order chi connectivity index (χ0) is 23.3. The average Bonchev–Trinajstić information content (AvgIpc) is 2.79. The molecule has 10 heteroatoms. The SMILES string of the molecule is COc1ccc(CNC(=O)C2CCN(S(=O)(=O)Cc3ccc(Cl)cc3Cl)CC2)cc1OC. The number of ether oxygens (including phenoxy) is 2. The van der Waals surface area contributed by atoms with Crippen LogP contribution in [0.3, 0.4) is 0 Å². The quantitative estimate of drug-likeness (QED) is 0.594. The molecule has 1 heterocycles. The van der Waals surface area contributed by atoms with Gasteiger partial charge in [-0.05, 0) is 48.2 Å². The molecule has 0 saturated carbocycles. The van der Waals surface area contributed by atoms with Crippen LogP contribution in [0, 0.1) is 5.92 Å². The van der Waals surface area contributed by atoms with E-state index in [0.29, 0.717) is 59.6 Å². The van der Waals surface area contributed by atoms with Crippen LogP contribution in [0.25, 0.3) is 0 Å². The number of sulfonamides is 1. The lowest BCUT2D eigenvalue weighted by atomic mass is 9.97. The van der Waals surface area contributed by atoms with Gasteiger partial charge in [0.05, 0.1) is 20.0 Å². The van der Waals surface area contributed by atoms with Gasteiger partial charge in [0, 0.05) is 35.6 Å². The summed E-state index contributed by atoms with van der Waals surface area (Å²) in [6.07, 6.45) is 0.927. The number of hydrogen-bond acceptors (Lipinski definition) is 5. The Morgan fingerprint density at radius 1 is 1.06 bits per heavy atom. The Bertz CT molecular complexity index is 1070. The maximum atomic E-state index is 12.8. The molecule has 1 fully saturated rings. The Balaban J connectivity index is 1.53. The van der Waals surface area contributed by atoms with Gasteiger partial charge in [-0.3, -0.25) is 4.79 Å². The number of benzene rings is 2. The summed E-state index contributed by atoms with van der Waals surface area (Å²) in [5.74, 6) is 0.701. The number of nitrogens with one attached hydrogen (secondary N) is 1. The molecule has 1 aliphatic heterocycles. The number of carbonyl (C=O) groups is 1. The lowest BCUT2D eigenvalue weighted by Crippen LogP contribution is -2.43. The summed E-state index contributed by atoms with van der Waals surface area (Å²) in [6, 6.07) is 10.2. The molecular formula is C22H26Cl2N2O5S. The fourth-order valence-electron chi connectivity index (χ4n) is 3.65. The maximum Gasteiger partial charge on any atom is 0.223 e. The van der Waals surface area contributed by atoms with Crippen molar-refractivity contribution in [2.75, 3.05) is 27.3 Å². The van der Waals surface area contributed by atoms with Crippen LogP contribution in [0.5, 0.6) is 11.5 Å². The summed E-state index contributed by atoms with van der Waals surface area (Å²) < 4.78 is 37.5. The second-order valence-corrected chi connectivity index (χ2v) is 10.4. The molecule has 0 bridgehead atoms. The van der Waals surface area contributed by atoms with Gasteiger partial charge in [0.1, 0.15) is 0 Å². The van der Waals surface area contributed by atoms with Crippen molar-refractivity contribution in [3.05, 3.63) is 57.6 Å². The molecule has 1 amide bonds. The van der Waals surface area contributed by atoms with Crippen molar-refractivity contribution in [2.24, 2.45) is 5.92 Å². The summed E-state index contributed by atoms with van der Waals surface area (Å²) in [6.45, 7) is 0.941. The molecule has 32 heavy (non-hydrogen) atoms. The first kappa shape index (κ1) is 24.6. The lowest BCUT2D eigenvalue weighted by Gasteiger charge is -2.30. The lowest BCUT2D eigenvalue weighted by molar-refractivity contribution is -0.126. The van der Waals surface area contributed by atoms with Gasteiger partial charge >= 0.3 is 0 Å². The van der Waals surface area contributed by atoms with E-state index in [2.05, 4.69) is 5.32 Å². The van der Waals surface area contributed by atoms with E-state index in [0.717, 1.165) is 5.56 Å². The number of methoxy groups -OCH3 is 2. The van der Waals surface area contributed by atoms with E-state index in [4.69, 9.17) is 32.7 Å². The number of carbonyl (C=O) groups excluding carboxylic acids is 1. The first-order valence-electron chi connectivity index (χ1n) is 10.1. The minimum absolute atomic E-state index is 0.0856. The molecule has 174 valence electrons. The monoisotopic (exact) mass is 500 g/mol. The molecule has 0 aromatic heterocycles. The van der Waals surface area contributed by atoms with Crippen molar-refractivity contribution in [1.29, 1.82) is 0 Å². The minimum atomic E-state index is -3.54. The van der Waals surface area contributed by atoms with Gasteiger partial charge in [-0.1, -0.05) is 35.3 Å². The highest BCUT2D eigenvalue weighted by Crippen LogP contribution is 2.28. The van der Waals surface area contributed by atoms with Gasteiger partial charge in [0.25, 0.3) is 0 Å². The van der Waals surface area contributed by atoms with E-state index in [-0.39, 0.29) is 17.6 Å². The first-order chi connectivity index (χ1) is 15.2. The maximum absolute atomic E-state index is 12.8. The second kappa shape index (κ2) is 10.7. The number of hydrogen-bond donors (Lipinski definition) is 1. The standard InChI is InChI=1S/C22H26Cl2N2O5S/c1-30-20-6-3-15(11-21(20)31-2)13-25-22(27)16-7-9-26(10-8-16)32(28,29)14-17-4-5-18(23)12-19(17)24/h3-6,11-12,16H,7-10,13-14H2,1-2H3,(H,25,27). The summed E-state index contributed by atoms with van der Waals surface area (Å²) in [7, 11) is -0.418. The normalized spacial score (nSPS) is 15.4. The van der Waals surface area contributed by atoms with Crippen molar-refractivity contribution in [1.82, 2.24) is 9.62 Å². The van der Waals surface area contributed by atoms with Crippen LogP contribution in [0.4, 0.5) is 0 Å². The Morgan fingerprint density at radius 3 is 2.38 bits per heavy atom. The number of amides is 1. The Morgan fingerprint density at radius 2 is 1.75 bits per heavy atom. The van der Waals surface area contributed by atoms with Crippen LogP contribution in [-0.4, -0.2) is 45.9 Å². The fourth-order valence-corrected chi connectivity index (χ4v) is 5.80. The summed E-state index contributed by atoms with van der Waals surface area (Å²) in [5, 5.41) is 3.71. The molecule has 0 aliphatic carbocycles. The van der Waals surface area contributed by atoms with Gasteiger partial charge in [0.15, 0.2) is 11.5 Å². The summed E-state index contributed by atoms with van der Waals surface area (Å²) in [4.78, 5) is 12.6. The molecule has 1 N–H and O–H groups in total. The third-order valence-corrected chi connectivity index (χ3v) is 7.90. The Hall–Kier alpha value is -2.00. The van der Waals surface area contributed by atoms with Crippen molar-refractivity contribution in [2.45, 2.75) is 25.1 Å². The van der Waals surface area contributed by atoms with Crippen LogP contribution in [0.1, 0.15) is 24.0 Å². The number of nitrogens with zero attached hydrogens (tertiary/aromatic N) is 1. The number of piperidine rings is 1. The zero-order valence-corrected chi connectivity index (χ0v) is 20.3. The van der Waals surface area contributed by atoms with Crippen molar-refractivity contribution < 1.29 is 22.7 Å². The highest BCUT2D eigenvalue weighted by Gasteiger charge is 2.31. The van der Waals surface area contributed by atoms with Crippen molar-refractivity contribution in [3.8, 4) is 11.5 Å². The molecule has 0 spiro atoms. The first-order valence-corrected chi connectivity index (χ1v) is 12.5. The van der Waals surface area contributed by atoms with Crippen LogP contribution in [0.2, 0.25) is 10.0 Å². The highest BCUT2D eigenvalue weighted by atomic mass is 35.5. The Kier molecular flexibility index (Phi) is 8.27. The second-order valence-electron chi connectivity index (χ2n) is 7.57. The van der Waals surface area contributed by atoms with Crippen LogP contribution in [-0.2, 0) is 27.1 Å². The zero-order valence-electron chi connectivity index (χ0n) is 17.9. The third-order valence-electron chi connectivity index (χ3n) is 5.49. The van der Waals surface area contributed by atoms with Gasteiger partial charge in [-0.15, -0.1) is 0 Å². The van der Waals surface area contributed by atoms with E-state index in [9.17, 15) is 13.2 Å². The van der Waals surface area contributed by atoms with E-state index in [1.807, 2.05) is 12.1 Å². The molecule has 2 aromatic rings. The van der Waals surface area contributed by atoms with Crippen molar-refractivity contribution >= 4 is 39.1 Å². The molecule has 1 saturated heterocycles. The molecule has 2 aromatic carbocycles. The van der Waals surface area contributed by atoms with Crippen molar-refractivity contribution in [3.63, 3.8) is 0 Å².